The fourth-order valence-electron chi connectivity index (χ4n) is 2.84. The Bertz CT molecular complexity index is 1500. The summed E-state index contributed by atoms with van der Waals surface area (Å²) in [5, 5.41) is 0.634. The van der Waals surface area contributed by atoms with Gasteiger partial charge in [0, 0.05) is 21.1 Å². The zero-order valence-corrected chi connectivity index (χ0v) is 15.7. The summed E-state index contributed by atoms with van der Waals surface area (Å²) < 4.78 is 28.9. The van der Waals surface area contributed by atoms with Gasteiger partial charge in [-0.25, -0.2) is 18.4 Å². The highest BCUT2D eigenvalue weighted by atomic mass is 19.1. The molecule has 2 heterocycles. The van der Waals surface area contributed by atoms with E-state index in [1.807, 2.05) is 0 Å². The first kappa shape index (κ1) is 19.9. The van der Waals surface area contributed by atoms with E-state index in [4.69, 9.17) is 0 Å². The molecule has 0 fully saturated rings. The average Bonchev–Trinajstić information content (AvgIpc) is 2.69. The highest BCUT2D eigenvalue weighted by Gasteiger charge is 2.08. The van der Waals surface area contributed by atoms with E-state index >= 15 is 0 Å². The Balaban J connectivity index is 0.000000166. The molecule has 4 aromatic rings. The normalized spacial score (nSPS) is 10.8. The summed E-state index contributed by atoms with van der Waals surface area (Å²) in [7, 11) is 4.26. The van der Waals surface area contributed by atoms with Crippen molar-refractivity contribution in [3.8, 4) is 0 Å². The number of H-pyrrole nitrogens is 1. The van der Waals surface area contributed by atoms with Crippen molar-refractivity contribution in [2.24, 2.45) is 21.1 Å². The maximum atomic E-state index is 13.0. The highest BCUT2D eigenvalue weighted by Crippen LogP contribution is 2.09. The van der Waals surface area contributed by atoms with E-state index < -0.39 is 34.1 Å². The van der Waals surface area contributed by atoms with Gasteiger partial charge < -0.3 is 4.98 Å². The van der Waals surface area contributed by atoms with E-state index in [1.54, 1.807) is 0 Å². The molecule has 0 aliphatic carbocycles. The van der Waals surface area contributed by atoms with Crippen molar-refractivity contribution in [2.75, 3.05) is 0 Å². The van der Waals surface area contributed by atoms with Gasteiger partial charge in [0.1, 0.15) is 11.6 Å². The van der Waals surface area contributed by atoms with Crippen molar-refractivity contribution in [3.05, 3.63) is 89.7 Å². The number of hydrogen-bond acceptors (Lipinski definition) is 4. The van der Waals surface area contributed by atoms with Crippen LogP contribution in [-0.4, -0.2) is 18.7 Å². The van der Waals surface area contributed by atoms with E-state index in [0.717, 1.165) is 15.2 Å². The molecule has 8 nitrogen and oxygen atoms in total. The first-order valence-corrected chi connectivity index (χ1v) is 8.35. The number of hydrogen-bond donors (Lipinski definition) is 1. The maximum Gasteiger partial charge on any atom is 0.330 e. The lowest BCUT2D eigenvalue weighted by molar-refractivity contribution is 0.626. The third kappa shape index (κ3) is 3.51. The number of rotatable bonds is 0. The van der Waals surface area contributed by atoms with Crippen LogP contribution in [0.1, 0.15) is 0 Å². The Morgan fingerprint density at radius 2 is 1.28 bits per heavy atom. The van der Waals surface area contributed by atoms with Crippen molar-refractivity contribution < 1.29 is 8.78 Å². The zero-order chi connectivity index (χ0) is 21.5. The van der Waals surface area contributed by atoms with Gasteiger partial charge in [-0.3, -0.25) is 23.3 Å². The molecule has 2 aromatic carbocycles. The van der Waals surface area contributed by atoms with E-state index in [2.05, 4.69) is 4.98 Å². The predicted molar refractivity (Wildman–Crippen MR) is 104 cm³/mol. The number of nitrogens with zero attached hydrogens (tertiary/aromatic N) is 3. The molecule has 10 heteroatoms. The molecular weight excluding hydrogens is 386 g/mol. The highest BCUT2D eigenvalue weighted by molar-refractivity contribution is 5.78. The molecule has 4 rings (SSSR count). The predicted octanol–water partition coefficient (Wildman–Crippen LogP) is 0.742. The van der Waals surface area contributed by atoms with Crippen molar-refractivity contribution in [3.63, 3.8) is 0 Å². The van der Waals surface area contributed by atoms with Crippen LogP contribution in [0.3, 0.4) is 0 Å². The molecular formula is C19H16F2N4O4. The summed E-state index contributed by atoms with van der Waals surface area (Å²) in [6.45, 7) is 0. The molecule has 0 saturated heterocycles. The minimum Gasteiger partial charge on any atom is -0.307 e. The smallest absolute Gasteiger partial charge is 0.307 e. The maximum absolute atomic E-state index is 13.0. The molecule has 0 atom stereocenters. The van der Waals surface area contributed by atoms with Gasteiger partial charge in [0.2, 0.25) is 0 Å². The van der Waals surface area contributed by atoms with Crippen LogP contribution in [0.4, 0.5) is 8.78 Å². The lowest BCUT2D eigenvalue weighted by Crippen LogP contribution is -2.36. The quantitative estimate of drug-likeness (QED) is 0.469. The van der Waals surface area contributed by atoms with Crippen molar-refractivity contribution in [1.82, 2.24) is 18.7 Å². The molecule has 0 saturated carbocycles. The Labute approximate surface area is 160 Å². The van der Waals surface area contributed by atoms with Crippen LogP contribution in [0.2, 0.25) is 0 Å². The summed E-state index contributed by atoms with van der Waals surface area (Å²) in [4.78, 5) is 48.2. The molecule has 0 aliphatic heterocycles. The van der Waals surface area contributed by atoms with Gasteiger partial charge in [-0.1, -0.05) is 0 Å². The van der Waals surface area contributed by atoms with Crippen LogP contribution in [0, 0.1) is 11.6 Å². The molecule has 0 amide bonds. The van der Waals surface area contributed by atoms with Gasteiger partial charge in [0.25, 0.3) is 11.1 Å². The number of aromatic amines is 1. The van der Waals surface area contributed by atoms with E-state index in [0.29, 0.717) is 16.3 Å². The summed E-state index contributed by atoms with van der Waals surface area (Å²) in [5.74, 6) is -0.952. The molecule has 0 aliphatic rings. The average molecular weight is 402 g/mol. The van der Waals surface area contributed by atoms with E-state index in [9.17, 15) is 28.0 Å². The largest absolute Gasteiger partial charge is 0.330 e. The first-order valence-electron chi connectivity index (χ1n) is 8.35. The Morgan fingerprint density at radius 3 is 1.93 bits per heavy atom. The summed E-state index contributed by atoms with van der Waals surface area (Å²) >= 11 is 0. The summed E-state index contributed by atoms with van der Waals surface area (Å²) in [5.41, 5.74) is -1.32. The van der Waals surface area contributed by atoms with E-state index in [-0.39, 0.29) is 5.52 Å². The second-order valence-electron chi connectivity index (χ2n) is 6.35. The summed E-state index contributed by atoms with van der Waals surface area (Å²) in [6.07, 6.45) is 0. The number of halogens is 2. The number of aryl methyl sites for hydroxylation is 1. The van der Waals surface area contributed by atoms with Crippen LogP contribution in [0.5, 0.6) is 0 Å². The van der Waals surface area contributed by atoms with Crippen molar-refractivity contribution >= 4 is 21.8 Å². The molecule has 0 unspecified atom stereocenters. The van der Waals surface area contributed by atoms with Gasteiger partial charge in [-0.2, -0.15) is 0 Å². The van der Waals surface area contributed by atoms with Gasteiger partial charge in [-0.05, 0) is 36.4 Å². The lowest BCUT2D eigenvalue weighted by atomic mass is 10.2. The number of fused-ring (bicyclic) bond motifs is 2. The fourth-order valence-corrected chi connectivity index (χ4v) is 2.84. The van der Waals surface area contributed by atoms with Crippen LogP contribution in [0.15, 0.2) is 55.6 Å². The fraction of sp³-hybridized carbons (Fsp3) is 0.158. The van der Waals surface area contributed by atoms with Crippen LogP contribution in [0.25, 0.3) is 21.8 Å². The molecule has 1 N–H and O–H groups in total. The second kappa shape index (κ2) is 7.30. The zero-order valence-electron chi connectivity index (χ0n) is 15.7. The minimum atomic E-state index is -0.548. The monoisotopic (exact) mass is 402 g/mol. The Kier molecular flexibility index (Phi) is 5.02. The molecule has 0 bridgehead atoms. The van der Waals surface area contributed by atoms with E-state index in [1.165, 1.54) is 56.0 Å². The van der Waals surface area contributed by atoms with Gasteiger partial charge >= 0.3 is 11.4 Å². The number of benzene rings is 2. The number of nitrogens with one attached hydrogen (secondary N) is 1. The number of aromatic nitrogens is 4. The van der Waals surface area contributed by atoms with Crippen LogP contribution < -0.4 is 22.5 Å². The third-order valence-electron chi connectivity index (χ3n) is 4.49. The van der Waals surface area contributed by atoms with Gasteiger partial charge in [0.05, 0.1) is 21.8 Å². The second-order valence-corrected chi connectivity index (χ2v) is 6.35. The minimum absolute atomic E-state index is 0.220. The lowest BCUT2D eigenvalue weighted by Gasteiger charge is -2.06. The molecule has 2 aromatic heterocycles. The Morgan fingerprint density at radius 1 is 0.724 bits per heavy atom. The molecule has 150 valence electrons. The van der Waals surface area contributed by atoms with Crippen molar-refractivity contribution in [2.45, 2.75) is 0 Å². The van der Waals surface area contributed by atoms with Gasteiger partial charge in [0.15, 0.2) is 0 Å². The molecule has 0 radical (unpaired) electrons. The molecule has 0 spiro atoms. The molecule has 29 heavy (non-hydrogen) atoms. The standard InChI is InChI=1S/C10H9FN2O2.C9H7FN2O2/c1-12-8-5-6(11)3-4-7(8)9(14)13(2)10(12)15;1-12-8(13)6-3-2-5(10)4-7(6)11-9(12)14/h3-5H,1-2H3;2-4H,1H3,(H,11,14). The summed E-state index contributed by atoms with van der Waals surface area (Å²) in [6, 6.07) is 7.42. The van der Waals surface area contributed by atoms with Gasteiger partial charge in [-0.15, -0.1) is 0 Å². The van der Waals surface area contributed by atoms with Crippen molar-refractivity contribution in [1.29, 1.82) is 0 Å². The third-order valence-corrected chi connectivity index (χ3v) is 4.49. The van der Waals surface area contributed by atoms with Crippen LogP contribution in [-0.2, 0) is 21.1 Å². The SMILES string of the molecule is Cn1c(=O)[nH]c2cc(F)ccc2c1=O.Cn1c(=O)c2ccc(F)cc2n(C)c1=O. The van der Waals surface area contributed by atoms with Crippen LogP contribution >= 0.6 is 0 Å². The topological polar surface area (TPSA) is 98.9 Å². The first-order chi connectivity index (χ1) is 13.6. The Hall–Kier alpha value is -3.82.